The molecule has 0 aliphatic rings. The van der Waals surface area contributed by atoms with Gasteiger partial charge in [0, 0.05) is 0 Å². The fraction of sp³-hybridized carbons (Fsp3) is 0.571. The first-order valence-electron chi connectivity index (χ1n) is 6.10. The Hall–Kier alpha value is -1.02. The van der Waals surface area contributed by atoms with Crippen LogP contribution in [0.4, 0.5) is 0 Å². The molecule has 2 nitrogen and oxygen atoms in total. The van der Waals surface area contributed by atoms with Crippen LogP contribution >= 0.6 is 0 Å². The third-order valence-corrected chi connectivity index (χ3v) is 3.24. The lowest BCUT2D eigenvalue weighted by Crippen LogP contribution is -2.06. The van der Waals surface area contributed by atoms with Gasteiger partial charge >= 0.3 is 0 Å². The van der Waals surface area contributed by atoms with Crippen LogP contribution in [0, 0.1) is 13.8 Å². The minimum atomic E-state index is 0.368. The number of hydrogen-bond donors (Lipinski definition) is 2. The van der Waals surface area contributed by atoms with Gasteiger partial charge in [-0.05, 0) is 74.4 Å². The van der Waals surface area contributed by atoms with Gasteiger partial charge in [-0.25, -0.2) is 0 Å². The highest BCUT2D eigenvalue weighted by atomic mass is 16.3. The summed E-state index contributed by atoms with van der Waals surface area (Å²) in [4.78, 5) is 0. The molecule has 1 aromatic carbocycles. The summed E-state index contributed by atoms with van der Waals surface area (Å²) in [5.74, 6) is 0.941. The smallest absolute Gasteiger partial charge is 0.116 e. The number of benzene rings is 1. The van der Waals surface area contributed by atoms with Crippen molar-refractivity contribution in [2.24, 2.45) is 5.73 Å². The summed E-state index contributed by atoms with van der Waals surface area (Å²) < 4.78 is 0. The zero-order valence-electron chi connectivity index (χ0n) is 10.6. The van der Waals surface area contributed by atoms with Gasteiger partial charge < -0.3 is 10.8 Å². The van der Waals surface area contributed by atoms with E-state index in [1.165, 1.54) is 16.7 Å². The Morgan fingerprint density at radius 1 is 1.25 bits per heavy atom. The second-order valence-corrected chi connectivity index (χ2v) is 4.53. The van der Waals surface area contributed by atoms with Crippen LogP contribution in [0.15, 0.2) is 12.1 Å². The average molecular weight is 221 g/mol. The van der Waals surface area contributed by atoms with E-state index in [0.29, 0.717) is 11.7 Å². The molecule has 0 spiro atoms. The molecule has 3 N–H and O–H groups in total. The minimum absolute atomic E-state index is 0.368. The SMILES string of the molecule is CCC(CCCN)c1c(C)cc(O)cc1C. The molecule has 0 fully saturated rings. The van der Waals surface area contributed by atoms with E-state index in [9.17, 15) is 5.11 Å². The molecule has 0 aromatic heterocycles. The molecule has 0 saturated heterocycles. The minimum Gasteiger partial charge on any atom is -0.508 e. The number of phenols is 1. The van der Waals surface area contributed by atoms with E-state index in [2.05, 4.69) is 20.8 Å². The summed E-state index contributed by atoms with van der Waals surface area (Å²) in [6, 6.07) is 3.71. The molecular formula is C14H23NO. The molecule has 1 atom stereocenters. The van der Waals surface area contributed by atoms with Gasteiger partial charge in [0.05, 0.1) is 0 Å². The lowest BCUT2D eigenvalue weighted by Gasteiger charge is -2.20. The topological polar surface area (TPSA) is 46.2 Å². The molecule has 0 saturated carbocycles. The third kappa shape index (κ3) is 2.99. The van der Waals surface area contributed by atoms with Crippen LogP contribution in [0.3, 0.4) is 0 Å². The summed E-state index contributed by atoms with van der Waals surface area (Å²) in [5.41, 5.74) is 9.36. The van der Waals surface area contributed by atoms with Crippen molar-refractivity contribution in [3.8, 4) is 5.75 Å². The Morgan fingerprint density at radius 3 is 2.25 bits per heavy atom. The van der Waals surface area contributed by atoms with E-state index >= 15 is 0 Å². The predicted molar refractivity (Wildman–Crippen MR) is 68.9 cm³/mol. The van der Waals surface area contributed by atoms with Crippen LogP contribution in [-0.4, -0.2) is 11.7 Å². The highest BCUT2D eigenvalue weighted by molar-refractivity contribution is 5.42. The first-order chi connectivity index (χ1) is 7.60. The van der Waals surface area contributed by atoms with E-state index in [1.807, 2.05) is 12.1 Å². The fourth-order valence-corrected chi connectivity index (χ4v) is 2.51. The van der Waals surface area contributed by atoms with Gasteiger partial charge in [-0.15, -0.1) is 0 Å². The Morgan fingerprint density at radius 2 is 1.81 bits per heavy atom. The first-order valence-corrected chi connectivity index (χ1v) is 6.10. The van der Waals surface area contributed by atoms with Crippen molar-refractivity contribution in [1.29, 1.82) is 0 Å². The lowest BCUT2D eigenvalue weighted by molar-refractivity contribution is 0.473. The summed E-state index contributed by atoms with van der Waals surface area (Å²) in [7, 11) is 0. The van der Waals surface area contributed by atoms with Gasteiger partial charge in [-0.2, -0.15) is 0 Å². The maximum absolute atomic E-state index is 9.53. The van der Waals surface area contributed by atoms with Crippen LogP contribution in [0.1, 0.15) is 48.8 Å². The van der Waals surface area contributed by atoms with Crippen molar-refractivity contribution < 1.29 is 5.11 Å². The molecule has 90 valence electrons. The second-order valence-electron chi connectivity index (χ2n) is 4.53. The number of rotatable bonds is 5. The maximum Gasteiger partial charge on any atom is 0.116 e. The molecule has 0 aliphatic heterocycles. The van der Waals surface area contributed by atoms with E-state index in [0.717, 1.165) is 25.8 Å². The van der Waals surface area contributed by atoms with Gasteiger partial charge in [-0.3, -0.25) is 0 Å². The van der Waals surface area contributed by atoms with Crippen molar-refractivity contribution in [2.75, 3.05) is 6.54 Å². The van der Waals surface area contributed by atoms with Gasteiger partial charge in [0.25, 0.3) is 0 Å². The standard InChI is InChI=1S/C14H23NO/c1-4-12(6-5-7-15)14-10(2)8-13(16)9-11(14)3/h8-9,12,16H,4-7,15H2,1-3H3. The van der Waals surface area contributed by atoms with Crippen LogP contribution in [-0.2, 0) is 0 Å². The number of aryl methyl sites for hydroxylation is 2. The average Bonchev–Trinajstić information content (AvgIpc) is 2.21. The van der Waals surface area contributed by atoms with E-state index < -0.39 is 0 Å². The van der Waals surface area contributed by atoms with Crippen molar-refractivity contribution >= 4 is 0 Å². The molecule has 1 aromatic rings. The highest BCUT2D eigenvalue weighted by Gasteiger charge is 2.14. The number of hydrogen-bond acceptors (Lipinski definition) is 2. The highest BCUT2D eigenvalue weighted by Crippen LogP contribution is 2.32. The second kappa shape index (κ2) is 5.90. The summed E-state index contributed by atoms with van der Waals surface area (Å²) in [6.45, 7) is 7.12. The molecule has 16 heavy (non-hydrogen) atoms. The molecular weight excluding hydrogens is 198 g/mol. The normalized spacial score (nSPS) is 12.8. The Kier molecular flexibility index (Phi) is 4.81. The van der Waals surface area contributed by atoms with Crippen LogP contribution in [0.5, 0.6) is 5.75 Å². The molecule has 0 bridgehead atoms. The van der Waals surface area contributed by atoms with Crippen molar-refractivity contribution in [3.05, 3.63) is 28.8 Å². The quantitative estimate of drug-likeness (QED) is 0.801. The Labute approximate surface area is 98.5 Å². The van der Waals surface area contributed by atoms with Gasteiger partial charge in [0.2, 0.25) is 0 Å². The molecule has 0 radical (unpaired) electrons. The number of nitrogens with two attached hydrogens (primary N) is 1. The van der Waals surface area contributed by atoms with Crippen LogP contribution in [0.25, 0.3) is 0 Å². The molecule has 2 heteroatoms. The Bertz CT molecular complexity index is 324. The summed E-state index contributed by atoms with van der Waals surface area (Å²) >= 11 is 0. The van der Waals surface area contributed by atoms with Crippen LogP contribution in [0.2, 0.25) is 0 Å². The zero-order valence-corrected chi connectivity index (χ0v) is 10.6. The summed E-state index contributed by atoms with van der Waals surface area (Å²) in [6.07, 6.45) is 3.34. The van der Waals surface area contributed by atoms with Gasteiger partial charge in [0.15, 0.2) is 0 Å². The Balaban J connectivity index is 2.99. The van der Waals surface area contributed by atoms with Crippen molar-refractivity contribution in [3.63, 3.8) is 0 Å². The largest absolute Gasteiger partial charge is 0.508 e. The molecule has 0 amide bonds. The zero-order chi connectivity index (χ0) is 12.1. The first kappa shape index (κ1) is 13.0. The van der Waals surface area contributed by atoms with Crippen LogP contribution < -0.4 is 5.73 Å². The monoisotopic (exact) mass is 221 g/mol. The molecule has 0 aliphatic carbocycles. The van der Waals surface area contributed by atoms with Crippen molar-refractivity contribution in [1.82, 2.24) is 0 Å². The molecule has 1 unspecified atom stereocenters. The van der Waals surface area contributed by atoms with Crippen molar-refractivity contribution in [2.45, 2.75) is 46.0 Å². The molecule has 0 heterocycles. The van der Waals surface area contributed by atoms with E-state index in [-0.39, 0.29) is 0 Å². The lowest BCUT2D eigenvalue weighted by atomic mass is 9.86. The predicted octanol–water partition coefficient (Wildman–Crippen LogP) is 3.24. The maximum atomic E-state index is 9.53. The third-order valence-electron chi connectivity index (χ3n) is 3.24. The van der Waals surface area contributed by atoms with E-state index in [4.69, 9.17) is 5.73 Å². The van der Waals surface area contributed by atoms with E-state index in [1.54, 1.807) is 0 Å². The summed E-state index contributed by atoms with van der Waals surface area (Å²) in [5, 5.41) is 9.53. The molecule has 1 rings (SSSR count). The van der Waals surface area contributed by atoms with Gasteiger partial charge in [0.1, 0.15) is 5.75 Å². The van der Waals surface area contributed by atoms with Gasteiger partial charge in [-0.1, -0.05) is 6.92 Å². The number of phenolic OH excluding ortho intramolecular Hbond substituents is 1. The fourth-order valence-electron chi connectivity index (χ4n) is 2.51. The number of aromatic hydroxyl groups is 1.